The third-order valence-electron chi connectivity index (χ3n) is 1.73. The minimum atomic E-state index is -0.946. The van der Waals surface area contributed by atoms with Crippen molar-refractivity contribution < 1.29 is 13.9 Å². The Hall–Kier alpha value is -1.00. The van der Waals surface area contributed by atoms with Gasteiger partial charge in [-0.1, -0.05) is 6.07 Å². The van der Waals surface area contributed by atoms with E-state index < -0.39 is 17.9 Å². The molecule has 0 amide bonds. The number of aliphatic hydroxyl groups is 1. The first-order chi connectivity index (χ1) is 6.02. The molecule has 0 radical (unpaired) electrons. The van der Waals surface area contributed by atoms with E-state index in [0.717, 1.165) is 12.1 Å². The molecule has 1 aromatic carbocycles. The third kappa shape index (κ3) is 2.23. The Labute approximate surface area is 75.4 Å². The monoisotopic (exact) mass is 187 g/mol. The van der Waals surface area contributed by atoms with Crippen molar-refractivity contribution in [1.29, 1.82) is 0 Å². The normalized spacial score (nSPS) is 13.4. The van der Waals surface area contributed by atoms with Gasteiger partial charge in [0, 0.05) is 0 Å². The van der Waals surface area contributed by atoms with Crippen molar-refractivity contribution in [1.82, 2.24) is 4.90 Å². The molecule has 72 valence electrons. The minimum absolute atomic E-state index is 0.337. The van der Waals surface area contributed by atoms with Crippen LogP contribution in [0.3, 0.4) is 0 Å². The molecule has 0 saturated heterocycles. The zero-order valence-corrected chi connectivity index (χ0v) is 7.46. The molecule has 0 saturated carbocycles. The Morgan fingerprint density at radius 1 is 1.23 bits per heavy atom. The molecule has 2 nitrogen and oxygen atoms in total. The van der Waals surface area contributed by atoms with E-state index in [1.165, 1.54) is 11.0 Å². The van der Waals surface area contributed by atoms with E-state index >= 15 is 0 Å². The van der Waals surface area contributed by atoms with Gasteiger partial charge in [0.15, 0.2) is 11.6 Å². The first kappa shape index (κ1) is 10.1. The molecule has 1 rings (SSSR count). The molecular formula is C9H11F2NO. The number of hydrogen-bond donors (Lipinski definition) is 1. The van der Waals surface area contributed by atoms with Gasteiger partial charge in [-0.3, -0.25) is 4.90 Å². The molecule has 0 heterocycles. The fourth-order valence-electron chi connectivity index (χ4n) is 0.971. The molecule has 13 heavy (non-hydrogen) atoms. The predicted octanol–water partition coefficient (Wildman–Crippen LogP) is 1.52. The molecule has 1 atom stereocenters. The summed E-state index contributed by atoms with van der Waals surface area (Å²) in [6.07, 6.45) is -0.907. The Morgan fingerprint density at radius 3 is 2.31 bits per heavy atom. The van der Waals surface area contributed by atoms with E-state index in [4.69, 9.17) is 0 Å². The molecule has 0 bridgehead atoms. The molecule has 1 N–H and O–H groups in total. The quantitative estimate of drug-likeness (QED) is 0.709. The first-order valence-electron chi connectivity index (χ1n) is 3.82. The lowest BCUT2D eigenvalue weighted by Gasteiger charge is -2.18. The summed E-state index contributed by atoms with van der Waals surface area (Å²) in [6.45, 7) is 0. The van der Waals surface area contributed by atoms with Crippen LogP contribution in [0.5, 0.6) is 0 Å². The van der Waals surface area contributed by atoms with Crippen LogP contribution in [0, 0.1) is 11.6 Å². The van der Waals surface area contributed by atoms with Gasteiger partial charge in [0.25, 0.3) is 0 Å². The van der Waals surface area contributed by atoms with Gasteiger partial charge in [0.2, 0.25) is 0 Å². The number of halogens is 2. The average molecular weight is 187 g/mol. The molecule has 0 aromatic heterocycles. The maximum absolute atomic E-state index is 12.7. The number of rotatable bonds is 2. The first-order valence-corrected chi connectivity index (χ1v) is 3.82. The molecule has 0 fully saturated rings. The van der Waals surface area contributed by atoms with Crippen LogP contribution in [-0.4, -0.2) is 24.1 Å². The molecule has 4 heteroatoms. The highest BCUT2D eigenvalue weighted by Gasteiger charge is 2.11. The van der Waals surface area contributed by atoms with E-state index in [1.807, 2.05) is 0 Å². The topological polar surface area (TPSA) is 23.5 Å². The molecule has 0 aliphatic heterocycles. The summed E-state index contributed by atoms with van der Waals surface area (Å²) in [6, 6.07) is 3.33. The van der Waals surface area contributed by atoms with Crippen LogP contribution >= 0.6 is 0 Å². The summed E-state index contributed by atoms with van der Waals surface area (Å²) in [5.41, 5.74) is 0.337. The summed E-state index contributed by atoms with van der Waals surface area (Å²) in [7, 11) is 3.29. The van der Waals surface area contributed by atoms with Crippen LogP contribution < -0.4 is 0 Å². The van der Waals surface area contributed by atoms with E-state index in [9.17, 15) is 13.9 Å². The highest BCUT2D eigenvalue weighted by Crippen LogP contribution is 2.17. The number of aliphatic hydroxyl groups excluding tert-OH is 1. The minimum Gasteiger partial charge on any atom is -0.374 e. The standard InChI is InChI=1S/C9H11F2NO/c1-12(2)9(13)6-3-4-7(10)8(11)5-6/h3-5,9,13H,1-2H3. The second-order valence-corrected chi connectivity index (χ2v) is 3.01. The zero-order valence-electron chi connectivity index (χ0n) is 7.46. The molecule has 0 aliphatic rings. The fraction of sp³-hybridized carbons (Fsp3) is 0.333. The van der Waals surface area contributed by atoms with Crippen LogP contribution in [-0.2, 0) is 0 Å². The highest BCUT2D eigenvalue weighted by atomic mass is 19.2. The van der Waals surface area contributed by atoms with Crippen molar-refractivity contribution in [3.05, 3.63) is 35.4 Å². The average Bonchev–Trinajstić information content (AvgIpc) is 2.08. The van der Waals surface area contributed by atoms with Gasteiger partial charge < -0.3 is 5.11 Å². The smallest absolute Gasteiger partial charge is 0.159 e. The Bertz CT molecular complexity index is 302. The summed E-state index contributed by atoms with van der Waals surface area (Å²) in [5, 5.41) is 9.45. The van der Waals surface area contributed by atoms with E-state index in [1.54, 1.807) is 14.1 Å². The maximum Gasteiger partial charge on any atom is 0.159 e. The number of nitrogens with zero attached hydrogens (tertiary/aromatic N) is 1. The Kier molecular flexibility index (Phi) is 2.95. The lowest BCUT2D eigenvalue weighted by molar-refractivity contribution is 0.0392. The van der Waals surface area contributed by atoms with Crippen LogP contribution in [0.15, 0.2) is 18.2 Å². The third-order valence-corrected chi connectivity index (χ3v) is 1.73. The fourth-order valence-corrected chi connectivity index (χ4v) is 0.971. The van der Waals surface area contributed by atoms with Crippen molar-refractivity contribution >= 4 is 0 Å². The molecule has 0 aliphatic carbocycles. The van der Waals surface area contributed by atoms with Gasteiger partial charge in [0.1, 0.15) is 6.23 Å². The SMILES string of the molecule is CN(C)C(O)c1ccc(F)c(F)c1. The number of benzene rings is 1. The Morgan fingerprint density at radius 2 is 1.85 bits per heavy atom. The summed E-state index contributed by atoms with van der Waals surface area (Å²) < 4.78 is 25.2. The van der Waals surface area contributed by atoms with Crippen molar-refractivity contribution in [2.45, 2.75) is 6.23 Å². The molecular weight excluding hydrogens is 176 g/mol. The maximum atomic E-state index is 12.7. The van der Waals surface area contributed by atoms with E-state index in [2.05, 4.69) is 0 Å². The zero-order chi connectivity index (χ0) is 10.0. The van der Waals surface area contributed by atoms with Crippen molar-refractivity contribution in [2.24, 2.45) is 0 Å². The van der Waals surface area contributed by atoms with Crippen LogP contribution in [0.1, 0.15) is 11.8 Å². The van der Waals surface area contributed by atoms with E-state index in [-0.39, 0.29) is 0 Å². The molecule has 0 spiro atoms. The van der Waals surface area contributed by atoms with Gasteiger partial charge >= 0.3 is 0 Å². The van der Waals surface area contributed by atoms with Gasteiger partial charge in [0.05, 0.1) is 0 Å². The second kappa shape index (κ2) is 3.81. The summed E-state index contributed by atoms with van der Waals surface area (Å²) in [4.78, 5) is 1.49. The highest BCUT2D eigenvalue weighted by molar-refractivity contribution is 5.19. The van der Waals surface area contributed by atoms with Crippen molar-refractivity contribution in [2.75, 3.05) is 14.1 Å². The van der Waals surface area contributed by atoms with Gasteiger partial charge in [-0.2, -0.15) is 0 Å². The van der Waals surface area contributed by atoms with Gasteiger partial charge in [-0.15, -0.1) is 0 Å². The van der Waals surface area contributed by atoms with Crippen LogP contribution in [0.25, 0.3) is 0 Å². The van der Waals surface area contributed by atoms with Crippen LogP contribution in [0.2, 0.25) is 0 Å². The predicted molar refractivity (Wildman–Crippen MR) is 45.0 cm³/mol. The van der Waals surface area contributed by atoms with Gasteiger partial charge in [-0.25, -0.2) is 8.78 Å². The lowest BCUT2D eigenvalue weighted by Crippen LogP contribution is -2.19. The van der Waals surface area contributed by atoms with Crippen molar-refractivity contribution in [3.8, 4) is 0 Å². The van der Waals surface area contributed by atoms with Gasteiger partial charge in [-0.05, 0) is 31.8 Å². The molecule has 1 unspecified atom stereocenters. The second-order valence-electron chi connectivity index (χ2n) is 3.01. The largest absolute Gasteiger partial charge is 0.374 e. The molecule has 1 aromatic rings. The number of hydrogen-bond acceptors (Lipinski definition) is 2. The van der Waals surface area contributed by atoms with Crippen LogP contribution in [0.4, 0.5) is 8.78 Å². The van der Waals surface area contributed by atoms with Crippen molar-refractivity contribution in [3.63, 3.8) is 0 Å². The lowest BCUT2D eigenvalue weighted by atomic mass is 10.2. The van der Waals surface area contributed by atoms with E-state index in [0.29, 0.717) is 5.56 Å². The summed E-state index contributed by atoms with van der Waals surface area (Å²) >= 11 is 0. The summed E-state index contributed by atoms with van der Waals surface area (Å²) in [5.74, 6) is -1.85. The Balaban J connectivity index is 2.97.